The Morgan fingerprint density at radius 3 is 2.74 bits per heavy atom. The summed E-state index contributed by atoms with van der Waals surface area (Å²) in [4.78, 5) is 15.2. The first-order chi connectivity index (χ1) is 11.0. The molecule has 2 fully saturated rings. The number of nitrogens with one attached hydrogen (secondary N) is 1. The van der Waals surface area contributed by atoms with Gasteiger partial charge in [0, 0.05) is 22.5 Å². The van der Waals surface area contributed by atoms with Gasteiger partial charge in [-0.3, -0.25) is 4.79 Å². The second-order valence-corrected chi connectivity index (χ2v) is 7.56. The van der Waals surface area contributed by atoms with E-state index in [4.69, 9.17) is 28.7 Å². The molecule has 23 heavy (non-hydrogen) atoms. The molecule has 2 aliphatic rings. The normalized spacial score (nSPS) is 26.1. The van der Waals surface area contributed by atoms with Gasteiger partial charge in [-0.2, -0.15) is 0 Å². The van der Waals surface area contributed by atoms with Crippen LogP contribution in [0.25, 0.3) is 10.4 Å². The minimum Gasteiger partial charge on any atom is -0.351 e. The Hall–Kier alpha value is -1.42. The van der Waals surface area contributed by atoms with E-state index in [1.165, 1.54) is 12.8 Å². The van der Waals surface area contributed by atoms with Gasteiger partial charge < -0.3 is 5.32 Å². The van der Waals surface area contributed by atoms with Crippen molar-refractivity contribution in [3.63, 3.8) is 0 Å². The fourth-order valence-corrected chi connectivity index (χ4v) is 3.94. The summed E-state index contributed by atoms with van der Waals surface area (Å²) in [5, 5.41) is 7.65. The molecule has 7 heteroatoms. The van der Waals surface area contributed by atoms with E-state index in [1.54, 1.807) is 18.2 Å². The zero-order valence-corrected chi connectivity index (χ0v) is 14.1. The number of halogens is 2. The molecule has 0 radical (unpaired) electrons. The van der Waals surface area contributed by atoms with Crippen LogP contribution in [0.15, 0.2) is 23.3 Å². The maximum absolute atomic E-state index is 12.4. The molecule has 1 aromatic rings. The Bertz CT molecular complexity index is 662. The Labute approximate surface area is 145 Å². The zero-order chi connectivity index (χ0) is 16.4. The minimum absolute atomic E-state index is 0.0641. The molecule has 1 aromatic carbocycles. The van der Waals surface area contributed by atoms with Crippen molar-refractivity contribution >= 4 is 29.1 Å². The number of hydrogen-bond acceptors (Lipinski definition) is 2. The molecule has 0 saturated heterocycles. The summed E-state index contributed by atoms with van der Waals surface area (Å²) in [5.74, 6) is 0.576. The van der Waals surface area contributed by atoms with Gasteiger partial charge in [-0.1, -0.05) is 41.2 Å². The molecule has 122 valence electrons. The first kappa shape index (κ1) is 16.4. The van der Waals surface area contributed by atoms with Crippen molar-refractivity contribution in [2.75, 3.05) is 6.54 Å². The zero-order valence-electron chi connectivity index (χ0n) is 12.6. The average Bonchev–Trinajstić information content (AvgIpc) is 3.26. The topological polar surface area (TPSA) is 77.9 Å². The van der Waals surface area contributed by atoms with Gasteiger partial charge in [-0.25, -0.2) is 0 Å². The van der Waals surface area contributed by atoms with Gasteiger partial charge in [0.05, 0.1) is 10.6 Å². The lowest BCUT2D eigenvalue weighted by Gasteiger charge is -2.46. The highest BCUT2D eigenvalue weighted by atomic mass is 35.5. The molecule has 3 rings (SSSR count). The standard InChI is InChI=1S/C16H18Cl2N4O/c17-11-3-4-13(14(18)5-11)15(23)20-9-16(6-10-1-2-10)7-12(8-16)21-22-19/h3-5,10,12H,1-2,6-9H2,(H,20,23). The van der Waals surface area contributed by atoms with Crippen molar-refractivity contribution < 1.29 is 4.79 Å². The quantitative estimate of drug-likeness (QED) is 0.437. The molecule has 2 aliphatic carbocycles. The fourth-order valence-electron chi connectivity index (χ4n) is 3.45. The van der Waals surface area contributed by atoms with Crippen LogP contribution < -0.4 is 5.32 Å². The molecule has 0 aromatic heterocycles. The first-order valence-corrected chi connectivity index (χ1v) is 8.54. The van der Waals surface area contributed by atoms with Gasteiger partial charge >= 0.3 is 0 Å². The van der Waals surface area contributed by atoms with Gasteiger partial charge in [0.25, 0.3) is 5.91 Å². The van der Waals surface area contributed by atoms with Crippen LogP contribution in [0.2, 0.25) is 10.0 Å². The Balaban J connectivity index is 1.62. The molecule has 0 spiro atoms. The number of nitrogens with zero attached hydrogens (tertiary/aromatic N) is 3. The number of hydrogen-bond donors (Lipinski definition) is 1. The highest BCUT2D eigenvalue weighted by molar-refractivity contribution is 6.36. The largest absolute Gasteiger partial charge is 0.351 e. The van der Waals surface area contributed by atoms with E-state index >= 15 is 0 Å². The minimum atomic E-state index is -0.186. The molecule has 2 saturated carbocycles. The molecule has 0 atom stereocenters. The Morgan fingerprint density at radius 1 is 1.39 bits per heavy atom. The van der Waals surface area contributed by atoms with Crippen molar-refractivity contribution in [3.05, 3.63) is 44.3 Å². The lowest BCUT2D eigenvalue weighted by atomic mass is 9.62. The second kappa shape index (κ2) is 6.60. The maximum Gasteiger partial charge on any atom is 0.252 e. The maximum atomic E-state index is 12.4. The predicted octanol–water partition coefficient (Wildman–Crippen LogP) is 4.98. The summed E-state index contributed by atoms with van der Waals surface area (Å²) >= 11 is 11.9. The van der Waals surface area contributed by atoms with Gasteiger partial charge in [0.15, 0.2) is 0 Å². The van der Waals surface area contributed by atoms with Gasteiger partial charge in [0.2, 0.25) is 0 Å². The summed E-state index contributed by atoms with van der Waals surface area (Å²) in [7, 11) is 0. The fraction of sp³-hybridized carbons (Fsp3) is 0.562. The number of benzene rings is 1. The lowest BCUT2D eigenvalue weighted by molar-refractivity contribution is 0.0710. The Kier molecular flexibility index (Phi) is 4.72. The molecule has 0 heterocycles. The number of azide groups is 1. The van der Waals surface area contributed by atoms with Gasteiger partial charge in [-0.15, -0.1) is 0 Å². The van der Waals surface area contributed by atoms with Crippen LogP contribution in [0.1, 0.15) is 42.5 Å². The highest BCUT2D eigenvalue weighted by Crippen LogP contribution is 2.51. The first-order valence-electron chi connectivity index (χ1n) is 7.79. The summed E-state index contributed by atoms with van der Waals surface area (Å²) in [6.45, 7) is 0.596. The monoisotopic (exact) mass is 352 g/mol. The number of rotatable bonds is 6. The van der Waals surface area contributed by atoms with Crippen LogP contribution >= 0.6 is 23.2 Å². The van der Waals surface area contributed by atoms with Crippen LogP contribution in [0.5, 0.6) is 0 Å². The lowest BCUT2D eigenvalue weighted by Crippen LogP contribution is -2.48. The SMILES string of the molecule is [N-]=[N+]=NC1CC(CNC(=O)c2ccc(Cl)cc2Cl)(CC2CC2)C1. The summed E-state index contributed by atoms with van der Waals surface area (Å²) < 4.78 is 0. The van der Waals surface area contributed by atoms with Crippen molar-refractivity contribution in [3.8, 4) is 0 Å². The molecule has 0 bridgehead atoms. The van der Waals surface area contributed by atoms with E-state index in [0.717, 1.165) is 25.2 Å². The van der Waals surface area contributed by atoms with Crippen molar-refractivity contribution in [2.45, 2.75) is 38.1 Å². The number of amides is 1. The third kappa shape index (κ3) is 3.92. The summed E-state index contributed by atoms with van der Waals surface area (Å²) in [6, 6.07) is 4.93. The third-order valence-electron chi connectivity index (χ3n) is 4.77. The van der Waals surface area contributed by atoms with Crippen molar-refractivity contribution in [1.82, 2.24) is 5.32 Å². The van der Waals surface area contributed by atoms with Crippen molar-refractivity contribution in [2.24, 2.45) is 16.4 Å². The highest BCUT2D eigenvalue weighted by Gasteiger charge is 2.46. The second-order valence-electron chi connectivity index (χ2n) is 6.72. The predicted molar refractivity (Wildman–Crippen MR) is 90.7 cm³/mol. The Morgan fingerprint density at radius 2 is 2.13 bits per heavy atom. The van der Waals surface area contributed by atoms with Crippen LogP contribution in [-0.2, 0) is 0 Å². The third-order valence-corrected chi connectivity index (χ3v) is 5.32. The molecule has 1 N–H and O–H groups in total. The number of carbonyl (C=O) groups is 1. The smallest absolute Gasteiger partial charge is 0.252 e. The number of carbonyl (C=O) groups excluding carboxylic acids is 1. The summed E-state index contributed by atoms with van der Waals surface area (Å²) in [6.07, 6.45) is 5.33. The van der Waals surface area contributed by atoms with Crippen molar-refractivity contribution in [1.29, 1.82) is 0 Å². The van der Waals surface area contributed by atoms with Crippen LogP contribution in [-0.4, -0.2) is 18.5 Å². The van der Waals surface area contributed by atoms with Crippen LogP contribution in [0.4, 0.5) is 0 Å². The van der Waals surface area contributed by atoms with Gasteiger partial charge in [-0.05, 0) is 54.3 Å². The molecule has 0 unspecified atom stereocenters. The molecule has 0 aliphatic heterocycles. The van der Waals surface area contributed by atoms with Crippen LogP contribution in [0.3, 0.4) is 0 Å². The molecule has 5 nitrogen and oxygen atoms in total. The van der Waals surface area contributed by atoms with E-state index in [2.05, 4.69) is 15.3 Å². The van der Waals surface area contributed by atoms with E-state index < -0.39 is 0 Å². The van der Waals surface area contributed by atoms with E-state index in [-0.39, 0.29) is 17.4 Å². The van der Waals surface area contributed by atoms with Crippen LogP contribution in [0, 0.1) is 11.3 Å². The molecular formula is C16H18Cl2N4O. The summed E-state index contributed by atoms with van der Waals surface area (Å²) in [5.41, 5.74) is 9.05. The van der Waals surface area contributed by atoms with E-state index in [1.807, 2.05) is 0 Å². The van der Waals surface area contributed by atoms with E-state index in [9.17, 15) is 4.79 Å². The van der Waals surface area contributed by atoms with Gasteiger partial charge in [0.1, 0.15) is 0 Å². The van der Waals surface area contributed by atoms with E-state index in [0.29, 0.717) is 22.2 Å². The average molecular weight is 353 g/mol. The molecular weight excluding hydrogens is 335 g/mol. The molecule has 1 amide bonds.